The van der Waals surface area contributed by atoms with E-state index in [4.69, 9.17) is 18.9 Å². The van der Waals surface area contributed by atoms with Crippen molar-refractivity contribution < 1.29 is 33.6 Å². The van der Waals surface area contributed by atoms with E-state index < -0.39 is 17.7 Å². The molecule has 38 heavy (non-hydrogen) atoms. The van der Waals surface area contributed by atoms with Crippen LogP contribution in [0.4, 0.5) is 0 Å². The van der Waals surface area contributed by atoms with Crippen molar-refractivity contribution >= 4 is 17.4 Å². The molecule has 0 bridgehead atoms. The first-order valence-corrected chi connectivity index (χ1v) is 13.1. The highest BCUT2D eigenvalue weighted by Gasteiger charge is 2.46. The summed E-state index contributed by atoms with van der Waals surface area (Å²) in [5, 5.41) is 11.4. The lowest BCUT2D eigenvalue weighted by Crippen LogP contribution is -2.35. The lowest BCUT2D eigenvalue weighted by Gasteiger charge is -2.27. The lowest BCUT2D eigenvalue weighted by atomic mass is 9.94. The lowest BCUT2D eigenvalue weighted by molar-refractivity contribution is -0.140. The fourth-order valence-electron chi connectivity index (χ4n) is 4.52. The van der Waals surface area contributed by atoms with Gasteiger partial charge in [-0.15, -0.1) is 0 Å². The maximum atomic E-state index is 13.4. The highest BCUT2D eigenvalue weighted by atomic mass is 16.6. The molecule has 2 aromatic rings. The maximum Gasteiger partial charge on any atom is 0.295 e. The van der Waals surface area contributed by atoms with Crippen molar-refractivity contribution in [1.29, 1.82) is 0 Å². The molecule has 1 saturated heterocycles. The van der Waals surface area contributed by atoms with Gasteiger partial charge in [-0.25, -0.2) is 0 Å². The molecule has 0 aromatic heterocycles. The van der Waals surface area contributed by atoms with Gasteiger partial charge in [0.2, 0.25) is 0 Å². The molecule has 2 heterocycles. The number of rotatable bonds is 11. The number of likely N-dealkylation sites (N-methyl/N-ethyl adjacent to an activating group) is 1. The van der Waals surface area contributed by atoms with Crippen LogP contribution in [0.25, 0.3) is 5.76 Å². The van der Waals surface area contributed by atoms with Crippen LogP contribution < -0.4 is 18.9 Å². The summed E-state index contributed by atoms with van der Waals surface area (Å²) in [6.07, 6.45) is 1.91. The Morgan fingerprint density at radius 2 is 1.79 bits per heavy atom. The zero-order valence-corrected chi connectivity index (χ0v) is 22.5. The third kappa shape index (κ3) is 5.72. The maximum absolute atomic E-state index is 13.4. The van der Waals surface area contributed by atoms with E-state index in [-0.39, 0.29) is 11.3 Å². The molecule has 2 aliphatic heterocycles. The topological polar surface area (TPSA) is 97.8 Å². The van der Waals surface area contributed by atoms with Gasteiger partial charge in [0.15, 0.2) is 23.0 Å². The number of Topliss-reactive ketones (excluding diaryl/α,β-unsaturated/α-hetero) is 1. The molecule has 2 aliphatic rings. The molecule has 9 heteroatoms. The summed E-state index contributed by atoms with van der Waals surface area (Å²) in [4.78, 5) is 30.1. The number of benzene rings is 2. The summed E-state index contributed by atoms with van der Waals surface area (Å²) in [5.41, 5.74) is 1.04. The van der Waals surface area contributed by atoms with E-state index in [1.807, 2.05) is 32.0 Å². The zero-order chi connectivity index (χ0) is 27.2. The van der Waals surface area contributed by atoms with Crippen LogP contribution in [0, 0.1) is 0 Å². The first-order valence-electron chi connectivity index (χ1n) is 13.1. The van der Waals surface area contributed by atoms with Crippen LogP contribution in [-0.2, 0) is 9.59 Å². The molecule has 2 aromatic carbocycles. The summed E-state index contributed by atoms with van der Waals surface area (Å²) < 4.78 is 23.0. The molecule has 0 saturated carbocycles. The molecule has 9 nitrogen and oxygen atoms in total. The van der Waals surface area contributed by atoms with Crippen molar-refractivity contribution in [3.8, 4) is 23.0 Å². The van der Waals surface area contributed by atoms with E-state index in [0.717, 1.165) is 12.8 Å². The fraction of sp³-hybridized carbons (Fsp3) is 0.448. The van der Waals surface area contributed by atoms with Crippen molar-refractivity contribution in [1.82, 2.24) is 9.80 Å². The Bertz CT molecular complexity index is 1210. The molecular formula is C29H36N2O7. The Morgan fingerprint density at radius 1 is 1.03 bits per heavy atom. The van der Waals surface area contributed by atoms with E-state index in [2.05, 4.69) is 6.92 Å². The minimum absolute atomic E-state index is 0.0209. The van der Waals surface area contributed by atoms with Crippen LogP contribution in [0.15, 0.2) is 42.0 Å². The normalized spacial score (nSPS) is 18.2. The highest BCUT2D eigenvalue weighted by Crippen LogP contribution is 2.43. The summed E-state index contributed by atoms with van der Waals surface area (Å²) in [5.74, 6) is 0.514. The number of hydrogen-bond donors (Lipinski definition) is 1. The van der Waals surface area contributed by atoms with Crippen molar-refractivity contribution in [3.05, 3.63) is 53.1 Å². The summed E-state index contributed by atoms with van der Waals surface area (Å²) in [6.45, 7) is 6.63. The number of ketones is 1. The largest absolute Gasteiger partial charge is 0.507 e. The Morgan fingerprint density at radius 3 is 2.50 bits per heavy atom. The second-order valence-corrected chi connectivity index (χ2v) is 9.50. The van der Waals surface area contributed by atoms with Crippen LogP contribution in [-0.4, -0.2) is 80.2 Å². The second-order valence-electron chi connectivity index (χ2n) is 9.50. The van der Waals surface area contributed by atoms with Crippen LogP contribution in [0.2, 0.25) is 0 Å². The second kappa shape index (κ2) is 12.2. The quantitative estimate of drug-likeness (QED) is 0.204. The van der Waals surface area contributed by atoms with Gasteiger partial charge in [0.25, 0.3) is 11.7 Å². The van der Waals surface area contributed by atoms with E-state index in [9.17, 15) is 14.7 Å². The Balaban J connectivity index is 1.80. The van der Waals surface area contributed by atoms with Gasteiger partial charge < -0.3 is 33.9 Å². The third-order valence-corrected chi connectivity index (χ3v) is 6.48. The minimum Gasteiger partial charge on any atom is -0.507 e. The summed E-state index contributed by atoms with van der Waals surface area (Å²) >= 11 is 0. The number of nitrogens with zero attached hydrogens (tertiary/aromatic N) is 2. The average Bonchev–Trinajstić information content (AvgIpc) is 3.17. The van der Waals surface area contributed by atoms with Crippen LogP contribution >= 0.6 is 0 Å². The summed E-state index contributed by atoms with van der Waals surface area (Å²) in [6, 6.07) is 9.59. The zero-order valence-electron chi connectivity index (χ0n) is 22.5. The minimum atomic E-state index is -0.799. The first kappa shape index (κ1) is 27.3. The molecule has 0 unspecified atom stereocenters. The van der Waals surface area contributed by atoms with Gasteiger partial charge in [-0.05, 0) is 63.3 Å². The smallest absolute Gasteiger partial charge is 0.295 e. The predicted octanol–water partition coefficient (Wildman–Crippen LogP) is 4.02. The molecule has 1 amide bonds. The Kier molecular flexibility index (Phi) is 8.78. The molecule has 1 N–H and O–H groups in total. The number of hydrogen-bond acceptors (Lipinski definition) is 8. The number of carbonyl (C=O) groups excluding carboxylic acids is 2. The van der Waals surface area contributed by atoms with E-state index in [1.165, 1.54) is 4.90 Å². The molecule has 4 rings (SSSR count). The Hall–Kier alpha value is -3.72. The first-order chi connectivity index (χ1) is 18.3. The van der Waals surface area contributed by atoms with Crippen LogP contribution in [0.5, 0.6) is 23.0 Å². The average molecular weight is 525 g/mol. The van der Waals surface area contributed by atoms with Crippen LogP contribution in [0.1, 0.15) is 43.9 Å². The molecule has 1 fully saturated rings. The predicted molar refractivity (Wildman–Crippen MR) is 143 cm³/mol. The molecular weight excluding hydrogens is 488 g/mol. The highest BCUT2D eigenvalue weighted by molar-refractivity contribution is 6.46. The number of amides is 1. The standard InChI is InChI=1S/C29H36N2O7/c1-5-7-14-36-21-10-8-19(17-23(21)35-6-2)26-25(28(33)29(34)31(26)13-12-30(3)4)27(32)20-9-11-22-24(18-20)38-16-15-37-22/h8-11,17-18,26,32H,5-7,12-16H2,1-4H3/t26-/m1/s1. The third-order valence-electron chi connectivity index (χ3n) is 6.48. The van der Waals surface area contributed by atoms with Gasteiger partial charge in [-0.1, -0.05) is 19.4 Å². The van der Waals surface area contributed by atoms with E-state index in [0.29, 0.717) is 73.6 Å². The van der Waals surface area contributed by atoms with Crippen molar-refractivity contribution in [2.75, 3.05) is 53.6 Å². The SMILES string of the molecule is CCCCOc1ccc([C@@H]2C(=C(O)c3ccc4c(c3)OCCO4)C(=O)C(=O)N2CCN(C)C)cc1OCC. The number of aliphatic hydroxyl groups is 1. The van der Waals surface area contributed by atoms with E-state index in [1.54, 1.807) is 30.3 Å². The van der Waals surface area contributed by atoms with Crippen molar-refractivity contribution in [2.45, 2.75) is 32.7 Å². The molecule has 204 valence electrons. The van der Waals surface area contributed by atoms with E-state index >= 15 is 0 Å². The number of fused-ring (bicyclic) bond motifs is 1. The summed E-state index contributed by atoms with van der Waals surface area (Å²) in [7, 11) is 3.80. The Labute approximate surface area is 223 Å². The number of carbonyl (C=O) groups is 2. The van der Waals surface area contributed by atoms with Gasteiger partial charge in [-0.3, -0.25) is 9.59 Å². The number of unbranched alkanes of at least 4 members (excludes halogenated alkanes) is 1. The molecule has 1 atom stereocenters. The van der Waals surface area contributed by atoms with Crippen LogP contribution in [0.3, 0.4) is 0 Å². The van der Waals surface area contributed by atoms with Gasteiger partial charge in [0, 0.05) is 18.7 Å². The molecule has 0 spiro atoms. The van der Waals surface area contributed by atoms with Gasteiger partial charge in [0.05, 0.1) is 24.8 Å². The van der Waals surface area contributed by atoms with Gasteiger partial charge >= 0.3 is 0 Å². The monoisotopic (exact) mass is 524 g/mol. The number of ether oxygens (including phenoxy) is 4. The fourth-order valence-corrected chi connectivity index (χ4v) is 4.52. The van der Waals surface area contributed by atoms with Gasteiger partial charge in [0.1, 0.15) is 19.0 Å². The van der Waals surface area contributed by atoms with Crippen molar-refractivity contribution in [2.24, 2.45) is 0 Å². The molecule has 0 radical (unpaired) electrons. The number of likely N-dealkylation sites (tertiary alicyclic amines) is 1. The van der Waals surface area contributed by atoms with Crippen molar-refractivity contribution in [3.63, 3.8) is 0 Å². The number of aliphatic hydroxyl groups excluding tert-OH is 1. The van der Waals surface area contributed by atoms with Gasteiger partial charge in [-0.2, -0.15) is 0 Å². The molecule has 0 aliphatic carbocycles.